The number of aryl methyl sites for hydroxylation is 1. The Hall–Kier alpha value is -2.71. The lowest BCUT2D eigenvalue weighted by molar-refractivity contribution is 0.0990. The van der Waals surface area contributed by atoms with Gasteiger partial charge in [0.05, 0.1) is 5.69 Å². The SMILES string of the molecule is Cc1ccc(NS(=O)(=O)c2ccsc2C(=O)N2CCc3ccc(F)cc32)cc1. The first kappa shape index (κ1) is 18.6. The Balaban J connectivity index is 1.65. The molecule has 28 heavy (non-hydrogen) atoms. The van der Waals surface area contributed by atoms with Crippen molar-refractivity contribution < 1.29 is 17.6 Å². The minimum atomic E-state index is -3.93. The zero-order chi connectivity index (χ0) is 19.9. The normalized spacial score (nSPS) is 13.4. The third kappa shape index (κ3) is 3.41. The number of carbonyl (C=O) groups is 1. The Morgan fingerprint density at radius 1 is 1.14 bits per heavy atom. The van der Waals surface area contributed by atoms with Crippen molar-refractivity contribution in [3.05, 3.63) is 75.7 Å². The molecule has 0 saturated carbocycles. The molecule has 1 aromatic heterocycles. The van der Waals surface area contributed by atoms with Gasteiger partial charge in [0.25, 0.3) is 15.9 Å². The third-order valence-electron chi connectivity index (χ3n) is 4.60. The van der Waals surface area contributed by atoms with E-state index in [4.69, 9.17) is 0 Å². The molecule has 1 aliphatic heterocycles. The average molecular weight is 416 g/mol. The summed E-state index contributed by atoms with van der Waals surface area (Å²) in [6, 6.07) is 12.7. The van der Waals surface area contributed by atoms with Crippen LogP contribution in [0.25, 0.3) is 0 Å². The molecule has 0 atom stereocenters. The van der Waals surface area contributed by atoms with Crippen LogP contribution in [0.15, 0.2) is 58.8 Å². The molecule has 0 unspecified atom stereocenters. The fourth-order valence-corrected chi connectivity index (χ4v) is 5.61. The highest BCUT2D eigenvalue weighted by atomic mass is 32.2. The maximum Gasteiger partial charge on any atom is 0.269 e. The quantitative estimate of drug-likeness (QED) is 0.693. The third-order valence-corrected chi connectivity index (χ3v) is 7.06. The molecule has 4 rings (SSSR count). The number of fused-ring (bicyclic) bond motifs is 1. The first-order chi connectivity index (χ1) is 13.3. The summed E-state index contributed by atoms with van der Waals surface area (Å²) in [5, 5.41) is 1.57. The summed E-state index contributed by atoms with van der Waals surface area (Å²) in [6.07, 6.45) is 0.608. The molecule has 1 aliphatic rings. The van der Waals surface area contributed by atoms with Crippen molar-refractivity contribution in [2.75, 3.05) is 16.2 Å². The highest BCUT2D eigenvalue weighted by molar-refractivity contribution is 7.93. The summed E-state index contributed by atoms with van der Waals surface area (Å²) in [7, 11) is -3.93. The number of nitrogens with one attached hydrogen (secondary N) is 1. The van der Waals surface area contributed by atoms with E-state index in [2.05, 4.69) is 4.72 Å². The van der Waals surface area contributed by atoms with Gasteiger partial charge >= 0.3 is 0 Å². The number of amides is 1. The molecule has 0 radical (unpaired) electrons. The lowest BCUT2D eigenvalue weighted by atomic mass is 10.2. The average Bonchev–Trinajstić information content (AvgIpc) is 3.30. The van der Waals surface area contributed by atoms with Gasteiger partial charge in [-0.15, -0.1) is 11.3 Å². The van der Waals surface area contributed by atoms with E-state index in [-0.39, 0.29) is 9.77 Å². The van der Waals surface area contributed by atoms with Crippen LogP contribution in [0, 0.1) is 12.7 Å². The summed E-state index contributed by atoms with van der Waals surface area (Å²) in [5.74, 6) is -0.873. The van der Waals surface area contributed by atoms with Gasteiger partial charge < -0.3 is 4.90 Å². The molecule has 0 fully saturated rings. The van der Waals surface area contributed by atoms with E-state index in [9.17, 15) is 17.6 Å². The fourth-order valence-electron chi connectivity index (χ4n) is 3.18. The van der Waals surface area contributed by atoms with Gasteiger partial charge in [-0.1, -0.05) is 23.8 Å². The van der Waals surface area contributed by atoms with E-state index < -0.39 is 21.7 Å². The number of anilines is 2. The Kier molecular flexibility index (Phi) is 4.68. The monoisotopic (exact) mass is 416 g/mol. The van der Waals surface area contributed by atoms with Crippen LogP contribution in [0.1, 0.15) is 20.8 Å². The molecule has 0 saturated heterocycles. The molecule has 1 N–H and O–H groups in total. The number of halogens is 1. The van der Waals surface area contributed by atoms with Crippen LogP contribution >= 0.6 is 11.3 Å². The van der Waals surface area contributed by atoms with Crippen molar-refractivity contribution in [1.82, 2.24) is 0 Å². The Morgan fingerprint density at radius 3 is 2.64 bits per heavy atom. The van der Waals surface area contributed by atoms with Crippen molar-refractivity contribution in [3.8, 4) is 0 Å². The van der Waals surface area contributed by atoms with E-state index in [0.717, 1.165) is 22.5 Å². The van der Waals surface area contributed by atoms with E-state index in [0.29, 0.717) is 24.3 Å². The molecule has 0 aliphatic carbocycles. The second-order valence-corrected chi connectivity index (χ2v) is 9.13. The van der Waals surface area contributed by atoms with Crippen LogP contribution in [0.3, 0.4) is 0 Å². The van der Waals surface area contributed by atoms with Gasteiger partial charge in [-0.3, -0.25) is 9.52 Å². The summed E-state index contributed by atoms with van der Waals surface area (Å²) >= 11 is 1.06. The van der Waals surface area contributed by atoms with Crippen LogP contribution in [-0.4, -0.2) is 20.9 Å². The van der Waals surface area contributed by atoms with Crippen LogP contribution in [0.2, 0.25) is 0 Å². The zero-order valence-electron chi connectivity index (χ0n) is 15.0. The number of benzene rings is 2. The second kappa shape index (κ2) is 7.03. The number of thiophene rings is 1. The molecule has 3 aromatic rings. The number of carbonyl (C=O) groups excluding carboxylic acids is 1. The summed E-state index contributed by atoms with van der Waals surface area (Å²) in [5.41, 5.74) is 2.79. The smallest absolute Gasteiger partial charge is 0.269 e. The van der Waals surface area contributed by atoms with Crippen molar-refractivity contribution >= 4 is 38.6 Å². The molecule has 8 heteroatoms. The maximum atomic E-state index is 13.6. The number of hydrogen-bond acceptors (Lipinski definition) is 4. The minimum Gasteiger partial charge on any atom is -0.307 e. The highest BCUT2D eigenvalue weighted by Gasteiger charge is 2.31. The first-order valence-electron chi connectivity index (χ1n) is 8.62. The summed E-state index contributed by atoms with van der Waals surface area (Å²) < 4.78 is 41.9. The first-order valence-corrected chi connectivity index (χ1v) is 11.0. The minimum absolute atomic E-state index is 0.0760. The van der Waals surface area contributed by atoms with Gasteiger partial charge in [0, 0.05) is 12.2 Å². The second-order valence-electron chi connectivity index (χ2n) is 6.57. The topological polar surface area (TPSA) is 66.5 Å². The predicted molar refractivity (Wildman–Crippen MR) is 108 cm³/mol. The van der Waals surface area contributed by atoms with Crippen molar-refractivity contribution in [1.29, 1.82) is 0 Å². The number of hydrogen-bond donors (Lipinski definition) is 1. The molecule has 1 amide bonds. The molecule has 0 spiro atoms. The van der Waals surface area contributed by atoms with E-state index in [1.165, 1.54) is 23.1 Å². The summed E-state index contributed by atoms with van der Waals surface area (Å²) in [6.45, 7) is 2.30. The fraction of sp³-hybridized carbons (Fsp3) is 0.150. The lowest BCUT2D eigenvalue weighted by Gasteiger charge is -2.17. The predicted octanol–water partition coefficient (Wildman–Crippen LogP) is 4.20. The zero-order valence-corrected chi connectivity index (χ0v) is 16.6. The lowest BCUT2D eigenvalue weighted by Crippen LogP contribution is -2.29. The standard InChI is InChI=1S/C20H17FN2O3S2/c1-13-2-6-16(7-3-13)22-28(25,26)18-9-11-27-19(18)20(24)23-10-8-14-4-5-15(21)12-17(14)23/h2-7,9,11-12,22H,8,10H2,1H3. The van der Waals surface area contributed by atoms with Gasteiger partial charge in [0.15, 0.2) is 0 Å². The number of rotatable bonds is 4. The number of sulfonamides is 1. The molecule has 5 nitrogen and oxygen atoms in total. The van der Waals surface area contributed by atoms with Crippen LogP contribution in [-0.2, 0) is 16.4 Å². The molecular formula is C20H17FN2O3S2. The molecule has 2 heterocycles. The van der Waals surface area contributed by atoms with Gasteiger partial charge in [0.2, 0.25) is 0 Å². The Morgan fingerprint density at radius 2 is 1.89 bits per heavy atom. The molecular weight excluding hydrogens is 399 g/mol. The van der Waals surface area contributed by atoms with Gasteiger partial charge in [-0.05, 0) is 54.6 Å². The summed E-state index contributed by atoms with van der Waals surface area (Å²) in [4.78, 5) is 14.5. The highest BCUT2D eigenvalue weighted by Crippen LogP contribution is 2.33. The van der Waals surface area contributed by atoms with Crippen LogP contribution in [0.5, 0.6) is 0 Å². The van der Waals surface area contributed by atoms with Crippen LogP contribution in [0.4, 0.5) is 15.8 Å². The van der Waals surface area contributed by atoms with Crippen molar-refractivity contribution in [2.45, 2.75) is 18.2 Å². The van der Waals surface area contributed by atoms with E-state index in [1.807, 2.05) is 6.92 Å². The largest absolute Gasteiger partial charge is 0.307 e. The van der Waals surface area contributed by atoms with Gasteiger partial charge in [0.1, 0.15) is 15.6 Å². The van der Waals surface area contributed by atoms with Crippen molar-refractivity contribution in [3.63, 3.8) is 0 Å². The molecule has 0 bridgehead atoms. The van der Waals surface area contributed by atoms with E-state index in [1.54, 1.807) is 35.7 Å². The van der Waals surface area contributed by atoms with Crippen molar-refractivity contribution in [2.24, 2.45) is 0 Å². The Bertz CT molecular complexity index is 1150. The van der Waals surface area contributed by atoms with E-state index >= 15 is 0 Å². The van der Waals surface area contributed by atoms with Crippen LogP contribution < -0.4 is 9.62 Å². The van der Waals surface area contributed by atoms with Gasteiger partial charge in [-0.25, -0.2) is 12.8 Å². The van der Waals surface area contributed by atoms with Gasteiger partial charge in [-0.2, -0.15) is 0 Å². The molecule has 2 aromatic carbocycles. The maximum absolute atomic E-state index is 13.6. The number of nitrogens with zero attached hydrogens (tertiary/aromatic N) is 1. The molecule has 144 valence electrons. The Labute approximate surface area is 166 Å².